The molecule has 0 aliphatic carbocycles. The van der Waals surface area contributed by atoms with Crippen LogP contribution in [0.2, 0.25) is 0 Å². The van der Waals surface area contributed by atoms with Gasteiger partial charge in [-0.25, -0.2) is 9.97 Å². The molecule has 0 amide bonds. The molecule has 2 aromatic heterocycles. The average molecular weight is 260 g/mol. The van der Waals surface area contributed by atoms with Gasteiger partial charge in [0.05, 0.1) is 18.5 Å². The Morgan fingerprint density at radius 2 is 2.26 bits per heavy atom. The molecule has 0 bridgehead atoms. The van der Waals surface area contributed by atoms with E-state index in [0.717, 1.165) is 35.9 Å². The number of hydrogen-bond acceptors (Lipinski definition) is 4. The highest BCUT2D eigenvalue weighted by Gasteiger charge is 2.11. The van der Waals surface area contributed by atoms with E-state index in [2.05, 4.69) is 32.8 Å². The van der Waals surface area contributed by atoms with Gasteiger partial charge in [-0.1, -0.05) is 6.08 Å². The van der Waals surface area contributed by atoms with E-state index >= 15 is 0 Å². The molecule has 2 aromatic rings. The molecule has 0 atom stereocenters. The van der Waals surface area contributed by atoms with E-state index in [4.69, 9.17) is 5.11 Å². The van der Waals surface area contributed by atoms with E-state index in [1.165, 1.54) is 0 Å². The highest BCUT2D eigenvalue weighted by Crippen LogP contribution is 2.12. The van der Waals surface area contributed by atoms with Crippen LogP contribution in [-0.2, 0) is 6.54 Å². The number of imidazole rings is 1. The summed E-state index contributed by atoms with van der Waals surface area (Å²) in [5.74, 6) is 0.732. The van der Waals surface area contributed by atoms with Crippen LogP contribution in [-0.4, -0.2) is 44.1 Å². The number of fused-ring (bicyclic) bond motifs is 1. The zero-order chi connectivity index (χ0) is 13.8. The first-order chi connectivity index (χ1) is 9.15. The molecule has 1 N–H and O–H groups in total. The molecular weight excluding hydrogens is 240 g/mol. The largest absolute Gasteiger partial charge is 0.395 e. The standard InChI is InChI=1S/C14H20N4O/c1-4-5-17(6-7-19)10-13-9-15-14-16-11(2)8-12(3)18(13)14/h4,8-9,19H,1,5-7,10H2,2-3H3. The maximum absolute atomic E-state index is 9.09. The zero-order valence-electron chi connectivity index (χ0n) is 11.5. The minimum Gasteiger partial charge on any atom is -0.395 e. The number of hydrogen-bond donors (Lipinski definition) is 1. The summed E-state index contributed by atoms with van der Waals surface area (Å²) in [7, 11) is 0. The van der Waals surface area contributed by atoms with Crippen LogP contribution in [0.1, 0.15) is 17.1 Å². The van der Waals surface area contributed by atoms with Crippen molar-refractivity contribution in [2.45, 2.75) is 20.4 Å². The van der Waals surface area contributed by atoms with Gasteiger partial charge in [-0.3, -0.25) is 9.30 Å². The van der Waals surface area contributed by atoms with Crippen molar-refractivity contribution in [3.8, 4) is 0 Å². The summed E-state index contributed by atoms with van der Waals surface area (Å²) < 4.78 is 2.06. The van der Waals surface area contributed by atoms with Gasteiger partial charge in [0.1, 0.15) is 0 Å². The number of aliphatic hydroxyl groups excluding tert-OH is 1. The number of nitrogens with zero attached hydrogens (tertiary/aromatic N) is 4. The molecule has 0 radical (unpaired) electrons. The smallest absolute Gasteiger partial charge is 0.234 e. The molecular formula is C14H20N4O. The Morgan fingerprint density at radius 3 is 2.95 bits per heavy atom. The van der Waals surface area contributed by atoms with E-state index in [1.807, 2.05) is 25.3 Å². The molecule has 5 nitrogen and oxygen atoms in total. The van der Waals surface area contributed by atoms with Crippen molar-refractivity contribution >= 4 is 5.78 Å². The van der Waals surface area contributed by atoms with E-state index < -0.39 is 0 Å². The number of rotatable bonds is 6. The lowest BCUT2D eigenvalue weighted by Crippen LogP contribution is -2.27. The van der Waals surface area contributed by atoms with Crippen LogP contribution >= 0.6 is 0 Å². The Hall–Kier alpha value is -1.72. The SMILES string of the molecule is C=CCN(CCO)Cc1cnc2nc(C)cc(C)n12. The van der Waals surface area contributed by atoms with Gasteiger partial charge in [0.25, 0.3) is 0 Å². The van der Waals surface area contributed by atoms with Crippen LogP contribution < -0.4 is 0 Å². The fourth-order valence-corrected chi connectivity index (χ4v) is 2.30. The minimum atomic E-state index is 0.140. The molecule has 19 heavy (non-hydrogen) atoms. The van der Waals surface area contributed by atoms with Crippen molar-refractivity contribution in [3.63, 3.8) is 0 Å². The first kappa shape index (κ1) is 13.7. The average Bonchev–Trinajstić information content (AvgIpc) is 2.73. The first-order valence-corrected chi connectivity index (χ1v) is 6.40. The van der Waals surface area contributed by atoms with E-state index in [1.54, 1.807) is 0 Å². The maximum Gasteiger partial charge on any atom is 0.234 e. The molecule has 0 spiro atoms. The molecule has 0 unspecified atom stereocenters. The van der Waals surface area contributed by atoms with Gasteiger partial charge in [0, 0.05) is 31.0 Å². The van der Waals surface area contributed by atoms with Crippen LogP contribution in [0.4, 0.5) is 0 Å². The number of aromatic nitrogens is 3. The predicted molar refractivity (Wildman–Crippen MR) is 75.0 cm³/mol. The summed E-state index contributed by atoms with van der Waals surface area (Å²) >= 11 is 0. The molecule has 0 aromatic carbocycles. The summed E-state index contributed by atoms with van der Waals surface area (Å²) in [5.41, 5.74) is 3.17. The molecule has 0 aliphatic rings. The summed E-state index contributed by atoms with van der Waals surface area (Å²) in [6.07, 6.45) is 3.69. The maximum atomic E-state index is 9.09. The number of aliphatic hydroxyl groups is 1. The Balaban J connectivity index is 2.32. The van der Waals surface area contributed by atoms with Crippen molar-refractivity contribution in [3.05, 3.63) is 42.0 Å². The van der Waals surface area contributed by atoms with Gasteiger partial charge < -0.3 is 5.11 Å². The summed E-state index contributed by atoms with van der Waals surface area (Å²) in [6.45, 7) is 9.99. The van der Waals surface area contributed by atoms with Crippen molar-refractivity contribution in [1.29, 1.82) is 0 Å². The lowest BCUT2D eigenvalue weighted by molar-refractivity contribution is 0.202. The summed E-state index contributed by atoms with van der Waals surface area (Å²) in [5, 5.41) is 9.09. The lowest BCUT2D eigenvalue weighted by atomic mass is 10.3. The molecule has 0 saturated heterocycles. The fourth-order valence-electron chi connectivity index (χ4n) is 2.30. The topological polar surface area (TPSA) is 53.7 Å². The third-order valence-electron chi connectivity index (χ3n) is 3.05. The Morgan fingerprint density at radius 1 is 1.47 bits per heavy atom. The van der Waals surface area contributed by atoms with Gasteiger partial charge in [-0.05, 0) is 19.9 Å². The third-order valence-corrected chi connectivity index (χ3v) is 3.05. The minimum absolute atomic E-state index is 0.140. The molecule has 2 rings (SSSR count). The monoisotopic (exact) mass is 260 g/mol. The fraction of sp³-hybridized carbons (Fsp3) is 0.429. The zero-order valence-corrected chi connectivity index (χ0v) is 11.5. The molecule has 0 saturated carbocycles. The van der Waals surface area contributed by atoms with Gasteiger partial charge in [0.15, 0.2) is 0 Å². The quantitative estimate of drug-likeness (QED) is 0.796. The van der Waals surface area contributed by atoms with Crippen LogP contribution in [0.5, 0.6) is 0 Å². The van der Waals surface area contributed by atoms with Crippen molar-refractivity contribution in [1.82, 2.24) is 19.3 Å². The first-order valence-electron chi connectivity index (χ1n) is 6.40. The van der Waals surface area contributed by atoms with Crippen molar-refractivity contribution in [2.24, 2.45) is 0 Å². The van der Waals surface area contributed by atoms with Crippen molar-refractivity contribution < 1.29 is 5.11 Å². The van der Waals surface area contributed by atoms with Gasteiger partial charge in [-0.2, -0.15) is 0 Å². The summed E-state index contributed by atoms with van der Waals surface area (Å²) in [4.78, 5) is 10.9. The van der Waals surface area contributed by atoms with Crippen LogP contribution in [0, 0.1) is 13.8 Å². The second kappa shape index (κ2) is 5.95. The highest BCUT2D eigenvalue weighted by molar-refractivity contribution is 5.35. The molecule has 0 aliphatic heterocycles. The van der Waals surface area contributed by atoms with E-state index in [-0.39, 0.29) is 6.61 Å². The third kappa shape index (κ3) is 3.00. The highest BCUT2D eigenvalue weighted by atomic mass is 16.3. The van der Waals surface area contributed by atoms with Gasteiger partial charge in [0.2, 0.25) is 5.78 Å². The molecule has 2 heterocycles. The Kier molecular flexibility index (Phi) is 4.29. The van der Waals surface area contributed by atoms with Crippen LogP contribution in [0.25, 0.3) is 5.78 Å². The van der Waals surface area contributed by atoms with Gasteiger partial charge >= 0.3 is 0 Å². The molecule has 5 heteroatoms. The van der Waals surface area contributed by atoms with Gasteiger partial charge in [-0.15, -0.1) is 6.58 Å². The Labute approximate surface area is 113 Å². The lowest BCUT2D eigenvalue weighted by Gasteiger charge is -2.19. The predicted octanol–water partition coefficient (Wildman–Crippen LogP) is 1.33. The van der Waals surface area contributed by atoms with Crippen LogP contribution in [0.3, 0.4) is 0 Å². The normalized spacial score (nSPS) is 11.4. The summed E-state index contributed by atoms with van der Waals surface area (Å²) in [6, 6.07) is 2.04. The second-order valence-electron chi connectivity index (χ2n) is 4.67. The van der Waals surface area contributed by atoms with E-state index in [0.29, 0.717) is 6.54 Å². The molecule has 102 valence electrons. The second-order valence-corrected chi connectivity index (χ2v) is 4.67. The van der Waals surface area contributed by atoms with Crippen LogP contribution in [0.15, 0.2) is 24.9 Å². The Bertz CT molecular complexity index is 576. The number of aryl methyl sites for hydroxylation is 2. The molecule has 0 fully saturated rings. The van der Waals surface area contributed by atoms with E-state index in [9.17, 15) is 0 Å². The van der Waals surface area contributed by atoms with Crippen molar-refractivity contribution in [2.75, 3.05) is 19.7 Å².